The summed E-state index contributed by atoms with van der Waals surface area (Å²) in [5, 5.41) is 28.5. The second-order valence-electron chi connectivity index (χ2n) is 3.39. The Kier molecular flexibility index (Phi) is 3.60. The van der Waals surface area contributed by atoms with Crippen LogP contribution >= 0.6 is 0 Å². The second-order valence-corrected chi connectivity index (χ2v) is 3.39. The minimum absolute atomic E-state index is 0.00838. The summed E-state index contributed by atoms with van der Waals surface area (Å²) in [5.74, 6) is 0.00838. The van der Waals surface area contributed by atoms with E-state index in [4.69, 9.17) is 0 Å². The maximum Gasteiger partial charge on any atom is 0.327 e. The van der Waals surface area contributed by atoms with Crippen LogP contribution in [0.1, 0.15) is 24.6 Å². The van der Waals surface area contributed by atoms with Crippen molar-refractivity contribution in [2.75, 3.05) is 12.4 Å². The zero-order chi connectivity index (χ0) is 12.3. The molecule has 0 amide bonds. The highest BCUT2D eigenvalue weighted by Crippen LogP contribution is 2.27. The smallest absolute Gasteiger partial charge is 0.327 e. The molecule has 0 atom stereocenters. The molecule has 0 aliphatic rings. The first kappa shape index (κ1) is 12.2. The van der Waals surface area contributed by atoms with Gasteiger partial charge in [-0.3, -0.25) is 10.1 Å². The third-order valence-corrected chi connectivity index (χ3v) is 2.34. The number of nitro groups is 1. The van der Waals surface area contributed by atoms with E-state index < -0.39 is 4.92 Å². The highest BCUT2D eigenvalue weighted by molar-refractivity contribution is 5.59. The molecular formula is C9H14N4O3. The van der Waals surface area contributed by atoms with Crippen molar-refractivity contribution >= 4 is 11.5 Å². The van der Waals surface area contributed by atoms with Gasteiger partial charge in [-0.25, -0.2) is 0 Å². The molecule has 1 rings (SSSR count). The molecule has 16 heavy (non-hydrogen) atoms. The summed E-state index contributed by atoms with van der Waals surface area (Å²) in [5.41, 5.74) is 0.628. The van der Waals surface area contributed by atoms with Crippen molar-refractivity contribution < 1.29 is 9.77 Å². The van der Waals surface area contributed by atoms with Crippen LogP contribution in [0.15, 0.2) is 0 Å². The zero-order valence-corrected chi connectivity index (χ0v) is 9.48. The normalized spacial score (nSPS) is 10.2. The van der Waals surface area contributed by atoms with Crippen LogP contribution < -0.4 is 10.2 Å². The van der Waals surface area contributed by atoms with Gasteiger partial charge in [-0.05, 0) is 6.42 Å². The standard InChI is InChI=1S/C9H14N4O3/c1-4-5-7-6(2)12(14)11-9(10-3)8(7)13(15)16/h4-5H2,1-3H3,(H,10,11). The third-order valence-electron chi connectivity index (χ3n) is 2.34. The van der Waals surface area contributed by atoms with Crippen molar-refractivity contribution in [2.45, 2.75) is 26.7 Å². The van der Waals surface area contributed by atoms with Crippen molar-refractivity contribution in [1.82, 2.24) is 5.10 Å². The van der Waals surface area contributed by atoms with Crippen molar-refractivity contribution in [2.24, 2.45) is 0 Å². The lowest BCUT2D eigenvalue weighted by atomic mass is 10.1. The Morgan fingerprint density at radius 2 is 2.19 bits per heavy atom. The van der Waals surface area contributed by atoms with Gasteiger partial charge in [0.2, 0.25) is 5.69 Å². The fourth-order valence-corrected chi connectivity index (χ4v) is 1.56. The topological polar surface area (TPSA) is 95.0 Å². The molecule has 0 unspecified atom stereocenters. The number of nitrogens with one attached hydrogen (secondary N) is 1. The molecule has 1 N–H and O–H groups in total. The van der Waals surface area contributed by atoms with Gasteiger partial charge in [0, 0.05) is 19.1 Å². The highest BCUT2D eigenvalue weighted by atomic mass is 16.6. The molecule has 1 aromatic heterocycles. The summed E-state index contributed by atoms with van der Waals surface area (Å²) in [6.07, 6.45) is 1.22. The van der Waals surface area contributed by atoms with E-state index in [-0.39, 0.29) is 17.2 Å². The van der Waals surface area contributed by atoms with Gasteiger partial charge in [0.25, 0.3) is 5.82 Å². The minimum Gasteiger partial charge on any atom is -0.594 e. The van der Waals surface area contributed by atoms with Gasteiger partial charge in [0.15, 0.2) is 0 Å². The maximum absolute atomic E-state index is 11.4. The number of anilines is 1. The van der Waals surface area contributed by atoms with Gasteiger partial charge in [-0.2, -0.15) is 0 Å². The van der Waals surface area contributed by atoms with E-state index in [1.165, 1.54) is 14.0 Å². The maximum atomic E-state index is 11.4. The Morgan fingerprint density at radius 1 is 1.56 bits per heavy atom. The third kappa shape index (κ3) is 2.02. The first-order valence-corrected chi connectivity index (χ1v) is 4.98. The fourth-order valence-electron chi connectivity index (χ4n) is 1.56. The first-order chi connectivity index (χ1) is 7.52. The molecule has 0 aliphatic heterocycles. The van der Waals surface area contributed by atoms with E-state index in [1.807, 2.05) is 6.92 Å². The molecule has 0 aliphatic carbocycles. The summed E-state index contributed by atoms with van der Waals surface area (Å²) < 4.78 is 0. The predicted octanol–water partition coefficient (Wildman–Crippen LogP) is 0.926. The van der Waals surface area contributed by atoms with Crippen LogP contribution in [0.5, 0.6) is 0 Å². The lowest BCUT2D eigenvalue weighted by Crippen LogP contribution is -2.37. The lowest BCUT2D eigenvalue weighted by molar-refractivity contribution is -0.675. The lowest BCUT2D eigenvalue weighted by Gasteiger charge is -2.07. The summed E-state index contributed by atoms with van der Waals surface area (Å²) in [7, 11) is 1.50. The van der Waals surface area contributed by atoms with E-state index in [1.54, 1.807) is 0 Å². The van der Waals surface area contributed by atoms with E-state index in [0.29, 0.717) is 16.8 Å². The number of rotatable bonds is 4. The Bertz CT molecular complexity index is 420. The predicted molar refractivity (Wildman–Crippen MR) is 58.1 cm³/mol. The van der Waals surface area contributed by atoms with Crippen LogP contribution in [0.2, 0.25) is 0 Å². The number of hydrogen-bond donors (Lipinski definition) is 1. The van der Waals surface area contributed by atoms with Gasteiger partial charge < -0.3 is 10.5 Å². The summed E-state index contributed by atoms with van der Waals surface area (Å²) in [6.45, 7) is 3.44. The summed E-state index contributed by atoms with van der Waals surface area (Å²) in [6, 6.07) is 0. The zero-order valence-electron chi connectivity index (χ0n) is 9.48. The monoisotopic (exact) mass is 226 g/mol. The van der Waals surface area contributed by atoms with E-state index in [9.17, 15) is 15.3 Å². The molecular weight excluding hydrogens is 212 g/mol. The van der Waals surface area contributed by atoms with Gasteiger partial charge in [0.1, 0.15) is 5.56 Å². The molecule has 7 nitrogen and oxygen atoms in total. The van der Waals surface area contributed by atoms with E-state index >= 15 is 0 Å². The van der Waals surface area contributed by atoms with E-state index in [2.05, 4.69) is 10.4 Å². The molecule has 88 valence electrons. The van der Waals surface area contributed by atoms with E-state index in [0.717, 1.165) is 6.42 Å². The minimum atomic E-state index is -0.503. The average Bonchev–Trinajstić information content (AvgIpc) is 2.24. The highest BCUT2D eigenvalue weighted by Gasteiger charge is 2.28. The van der Waals surface area contributed by atoms with Gasteiger partial charge in [0.05, 0.1) is 4.92 Å². The van der Waals surface area contributed by atoms with Crippen LogP contribution in [0.4, 0.5) is 11.5 Å². The molecule has 1 heterocycles. The van der Waals surface area contributed by atoms with Crippen molar-refractivity contribution in [1.29, 1.82) is 0 Å². The van der Waals surface area contributed by atoms with Gasteiger partial charge in [-0.1, -0.05) is 18.2 Å². The summed E-state index contributed by atoms with van der Waals surface area (Å²) >= 11 is 0. The van der Waals surface area contributed by atoms with Crippen LogP contribution in [-0.4, -0.2) is 17.1 Å². The van der Waals surface area contributed by atoms with Crippen LogP contribution in [0, 0.1) is 22.2 Å². The van der Waals surface area contributed by atoms with Crippen molar-refractivity contribution in [3.63, 3.8) is 0 Å². The fraction of sp³-hybridized carbons (Fsp3) is 0.556. The second kappa shape index (κ2) is 4.73. The summed E-state index contributed by atoms with van der Waals surface area (Å²) in [4.78, 5) is 10.9. The molecule has 0 spiro atoms. The number of aromatic nitrogens is 2. The van der Waals surface area contributed by atoms with Crippen molar-refractivity contribution in [3.05, 3.63) is 26.6 Å². The number of nitrogens with zero attached hydrogens (tertiary/aromatic N) is 3. The first-order valence-electron chi connectivity index (χ1n) is 4.98. The largest absolute Gasteiger partial charge is 0.594 e. The Labute approximate surface area is 92.8 Å². The SMILES string of the molecule is CCCc1c([N+](=O)[O-])c(NC)n[n+]([O-])c1C. The Hall–Kier alpha value is -1.92. The van der Waals surface area contributed by atoms with Gasteiger partial charge >= 0.3 is 5.69 Å². The molecule has 0 radical (unpaired) electrons. The molecule has 0 aromatic carbocycles. The molecule has 0 fully saturated rings. The van der Waals surface area contributed by atoms with Crippen LogP contribution in [0.3, 0.4) is 0 Å². The average molecular weight is 226 g/mol. The Morgan fingerprint density at radius 3 is 2.62 bits per heavy atom. The molecule has 0 bridgehead atoms. The quantitative estimate of drug-likeness (QED) is 0.356. The number of hydrogen-bond acceptors (Lipinski definition) is 5. The molecule has 1 aromatic rings. The van der Waals surface area contributed by atoms with Gasteiger partial charge in [-0.15, -0.1) is 0 Å². The Balaban J connectivity index is 3.50. The molecule has 0 saturated carbocycles. The van der Waals surface area contributed by atoms with Crippen LogP contribution in [0.25, 0.3) is 0 Å². The molecule has 0 saturated heterocycles. The van der Waals surface area contributed by atoms with Crippen molar-refractivity contribution in [3.8, 4) is 0 Å². The molecule has 7 heteroatoms. The van der Waals surface area contributed by atoms with Crippen LogP contribution in [-0.2, 0) is 6.42 Å².